The maximum atomic E-state index is 13.7. The van der Waals surface area contributed by atoms with E-state index in [2.05, 4.69) is 15.6 Å². The van der Waals surface area contributed by atoms with E-state index in [0.717, 1.165) is 12.3 Å². The molecule has 0 bridgehead atoms. The van der Waals surface area contributed by atoms with Gasteiger partial charge in [0.2, 0.25) is 5.91 Å². The number of pyridine rings is 1. The number of carbonyl (C=O) groups excluding carboxylic acids is 2. The molecule has 4 rings (SSSR count). The number of nitrogens with zero attached hydrogens (tertiary/aromatic N) is 3. The van der Waals surface area contributed by atoms with Crippen LogP contribution in [-0.2, 0) is 11.0 Å². The number of hydrogen-bond donors (Lipinski definition) is 2. The lowest BCUT2D eigenvalue weighted by Gasteiger charge is -2.34. The number of urea groups is 1. The molecule has 3 amide bonds. The molecule has 1 aliphatic rings. The van der Waals surface area contributed by atoms with E-state index in [1.807, 2.05) is 0 Å². The highest BCUT2D eigenvalue weighted by atomic mass is 35.5. The number of benzene rings is 1. The second-order valence-corrected chi connectivity index (χ2v) is 7.98. The lowest BCUT2D eigenvalue weighted by Crippen LogP contribution is -2.58. The Morgan fingerprint density at radius 2 is 1.97 bits per heavy atom. The fourth-order valence-corrected chi connectivity index (χ4v) is 3.82. The third kappa shape index (κ3) is 4.58. The van der Waals surface area contributed by atoms with Crippen molar-refractivity contribution in [1.82, 2.24) is 24.9 Å². The largest absolute Gasteiger partial charge is 0.434 e. The summed E-state index contributed by atoms with van der Waals surface area (Å²) in [7, 11) is 0. The van der Waals surface area contributed by atoms with Gasteiger partial charge in [0.15, 0.2) is 5.69 Å². The third-order valence-corrected chi connectivity index (χ3v) is 5.69. The monoisotopic (exact) mass is 483 g/mol. The molecule has 0 radical (unpaired) electrons. The first-order valence-corrected chi connectivity index (χ1v) is 10.3. The van der Waals surface area contributed by atoms with Crippen LogP contribution < -0.4 is 10.6 Å². The average molecular weight is 484 g/mol. The van der Waals surface area contributed by atoms with Crippen LogP contribution in [0.2, 0.25) is 5.02 Å². The van der Waals surface area contributed by atoms with Gasteiger partial charge in [0.1, 0.15) is 17.5 Å². The minimum atomic E-state index is -4.62. The summed E-state index contributed by atoms with van der Waals surface area (Å²) in [5.74, 6) is -0.969. The van der Waals surface area contributed by atoms with Crippen LogP contribution in [-0.4, -0.2) is 45.4 Å². The van der Waals surface area contributed by atoms with Gasteiger partial charge >= 0.3 is 12.2 Å². The highest BCUT2D eigenvalue weighted by Gasteiger charge is 2.34. The van der Waals surface area contributed by atoms with Crippen LogP contribution in [0.15, 0.2) is 42.7 Å². The zero-order valence-corrected chi connectivity index (χ0v) is 17.9. The van der Waals surface area contributed by atoms with Crippen molar-refractivity contribution in [3.05, 3.63) is 70.4 Å². The number of alkyl halides is 3. The molecule has 0 unspecified atom stereocenters. The number of piperazine rings is 1. The van der Waals surface area contributed by atoms with Gasteiger partial charge in [0, 0.05) is 25.5 Å². The number of hydrogen-bond acceptors (Lipinski definition) is 3. The van der Waals surface area contributed by atoms with Gasteiger partial charge in [0.05, 0.1) is 11.1 Å². The van der Waals surface area contributed by atoms with E-state index >= 15 is 0 Å². The van der Waals surface area contributed by atoms with Crippen molar-refractivity contribution in [2.24, 2.45) is 0 Å². The molecule has 0 spiro atoms. The van der Waals surface area contributed by atoms with E-state index in [0.29, 0.717) is 11.1 Å². The molecule has 7 nitrogen and oxygen atoms in total. The van der Waals surface area contributed by atoms with Gasteiger partial charge in [0.25, 0.3) is 0 Å². The third-order valence-electron chi connectivity index (χ3n) is 5.40. The molecule has 33 heavy (non-hydrogen) atoms. The molecule has 174 valence electrons. The van der Waals surface area contributed by atoms with Crippen molar-refractivity contribution in [3.8, 4) is 0 Å². The summed E-state index contributed by atoms with van der Waals surface area (Å²) in [6.45, 7) is 2.13. The second kappa shape index (κ2) is 8.54. The standard InChI is InChI=1S/C21H18ClF4N5O2/c1-11-19(32)27-6-7-31(11)20(33)29-18(12-2-4-15(23)14(22)8-12)13-3-5-17-28-16(21(24,25)26)10-30(17)9-13/h2-5,8-11,18H,6-7H2,1H3,(H,27,32)(H,29,33)/t11-,18-/m1/s1. The van der Waals surface area contributed by atoms with Gasteiger partial charge < -0.3 is 19.9 Å². The maximum absolute atomic E-state index is 13.7. The van der Waals surface area contributed by atoms with Crippen LogP contribution in [0.1, 0.15) is 29.8 Å². The first-order chi connectivity index (χ1) is 15.5. The van der Waals surface area contributed by atoms with Gasteiger partial charge in [-0.2, -0.15) is 13.2 Å². The van der Waals surface area contributed by atoms with Crippen molar-refractivity contribution in [3.63, 3.8) is 0 Å². The summed E-state index contributed by atoms with van der Waals surface area (Å²) in [6, 6.07) is 4.58. The van der Waals surface area contributed by atoms with Gasteiger partial charge in [-0.3, -0.25) is 4.79 Å². The predicted octanol–water partition coefficient (Wildman–Crippen LogP) is 3.76. The van der Waals surface area contributed by atoms with Crippen LogP contribution in [0, 0.1) is 5.82 Å². The molecule has 2 N–H and O–H groups in total. The molecule has 1 aromatic carbocycles. The number of imidazole rings is 1. The molecule has 1 saturated heterocycles. The Hall–Kier alpha value is -3.34. The van der Waals surface area contributed by atoms with Crippen LogP contribution in [0.3, 0.4) is 0 Å². The van der Waals surface area contributed by atoms with Gasteiger partial charge in [-0.05, 0) is 36.2 Å². The molecule has 0 aliphatic carbocycles. The number of fused-ring (bicyclic) bond motifs is 1. The fourth-order valence-electron chi connectivity index (χ4n) is 3.63. The van der Waals surface area contributed by atoms with Gasteiger partial charge in [-0.25, -0.2) is 14.2 Å². The van der Waals surface area contributed by atoms with Crippen molar-refractivity contribution in [1.29, 1.82) is 0 Å². The van der Waals surface area contributed by atoms with E-state index in [9.17, 15) is 27.2 Å². The highest BCUT2D eigenvalue weighted by molar-refractivity contribution is 6.30. The molecule has 2 atom stereocenters. The average Bonchev–Trinajstić information content (AvgIpc) is 3.20. The molecular weight excluding hydrogens is 466 g/mol. The number of nitrogens with one attached hydrogen (secondary N) is 2. The minimum Gasteiger partial charge on any atom is -0.353 e. The summed E-state index contributed by atoms with van der Waals surface area (Å²) in [5.41, 5.74) is -0.189. The van der Waals surface area contributed by atoms with Gasteiger partial charge in [-0.1, -0.05) is 23.7 Å². The smallest absolute Gasteiger partial charge is 0.353 e. The van der Waals surface area contributed by atoms with Crippen molar-refractivity contribution < 1.29 is 27.2 Å². The molecule has 2 aromatic heterocycles. The topological polar surface area (TPSA) is 78.7 Å². The summed E-state index contributed by atoms with van der Waals surface area (Å²) in [6.07, 6.45) is -2.38. The number of rotatable bonds is 3. The Labute approximate surface area is 190 Å². The van der Waals surface area contributed by atoms with E-state index in [1.165, 1.54) is 39.8 Å². The molecular formula is C21H18ClF4N5O2. The number of aromatic nitrogens is 2. The summed E-state index contributed by atoms with van der Waals surface area (Å²) in [4.78, 5) is 29.9. The molecule has 1 aliphatic heterocycles. The Kier molecular flexibility index (Phi) is 5.91. The Morgan fingerprint density at radius 3 is 2.67 bits per heavy atom. The zero-order chi connectivity index (χ0) is 23.9. The SMILES string of the molecule is C[C@@H]1C(=O)NCCN1C(=O)N[C@H](c1ccc(F)c(Cl)c1)c1ccc2nc(C(F)(F)F)cn2c1. The quantitative estimate of drug-likeness (QED) is 0.557. The first-order valence-electron chi connectivity index (χ1n) is 9.90. The fraction of sp³-hybridized carbons (Fsp3) is 0.286. The second-order valence-electron chi connectivity index (χ2n) is 7.57. The number of halogens is 5. The first kappa shape index (κ1) is 22.8. The predicted molar refractivity (Wildman–Crippen MR) is 111 cm³/mol. The Morgan fingerprint density at radius 1 is 1.24 bits per heavy atom. The van der Waals surface area contributed by atoms with E-state index < -0.39 is 35.8 Å². The van der Waals surface area contributed by atoms with Crippen molar-refractivity contribution in [2.45, 2.75) is 25.2 Å². The summed E-state index contributed by atoms with van der Waals surface area (Å²) >= 11 is 5.93. The number of amides is 3. The van der Waals surface area contributed by atoms with Crippen molar-refractivity contribution in [2.75, 3.05) is 13.1 Å². The normalized spacial score (nSPS) is 17.7. The number of carbonyl (C=O) groups is 2. The zero-order valence-electron chi connectivity index (χ0n) is 17.2. The van der Waals surface area contributed by atoms with E-state index in [1.54, 1.807) is 6.92 Å². The molecule has 1 fully saturated rings. The lowest BCUT2D eigenvalue weighted by molar-refractivity contribution is -0.140. The van der Waals surface area contributed by atoms with E-state index in [4.69, 9.17) is 11.6 Å². The summed E-state index contributed by atoms with van der Waals surface area (Å²) < 4.78 is 54.1. The van der Waals surface area contributed by atoms with E-state index in [-0.39, 0.29) is 29.7 Å². The lowest BCUT2D eigenvalue weighted by atomic mass is 10.00. The molecule has 12 heteroatoms. The maximum Gasteiger partial charge on any atom is 0.434 e. The Bertz CT molecular complexity index is 1230. The van der Waals surface area contributed by atoms with Crippen LogP contribution >= 0.6 is 11.6 Å². The minimum absolute atomic E-state index is 0.0645. The molecule has 3 heterocycles. The summed E-state index contributed by atoms with van der Waals surface area (Å²) in [5, 5.41) is 5.27. The highest BCUT2D eigenvalue weighted by Crippen LogP contribution is 2.30. The molecule has 3 aromatic rings. The van der Waals surface area contributed by atoms with Crippen molar-refractivity contribution >= 4 is 29.2 Å². The van der Waals surface area contributed by atoms with Crippen LogP contribution in [0.4, 0.5) is 22.4 Å². The Balaban J connectivity index is 1.73. The van der Waals surface area contributed by atoms with Gasteiger partial charge in [-0.15, -0.1) is 0 Å². The molecule has 0 saturated carbocycles. The van der Waals surface area contributed by atoms with Crippen LogP contribution in [0.25, 0.3) is 5.65 Å². The van der Waals surface area contributed by atoms with Crippen LogP contribution in [0.5, 0.6) is 0 Å².